The summed E-state index contributed by atoms with van der Waals surface area (Å²) in [5, 5.41) is 23.7. The Morgan fingerprint density at radius 1 is 1.19 bits per heavy atom. The fourth-order valence-corrected chi connectivity index (χ4v) is 3.79. The Hall–Kier alpha value is -2.44. The van der Waals surface area contributed by atoms with E-state index in [4.69, 9.17) is 10.9 Å². The van der Waals surface area contributed by atoms with Crippen LogP contribution in [0.3, 0.4) is 0 Å². The molecule has 0 radical (unpaired) electrons. The predicted molar refractivity (Wildman–Crippen MR) is 104 cm³/mol. The quantitative estimate of drug-likeness (QED) is 0.327. The number of oxime groups is 1. The van der Waals surface area contributed by atoms with Crippen molar-refractivity contribution in [3.8, 4) is 0 Å². The van der Waals surface area contributed by atoms with Crippen LogP contribution < -0.4 is 5.73 Å². The molecule has 2 aromatic rings. The summed E-state index contributed by atoms with van der Waals surface area (Å²) in [5.74, 6) is 0.248. The monoisotopic (exact) mass is 371 g/mol. The average molecular weight is 371 g/mol. The first-order valence-electron chi connectivity index (χ1n) is 9.00. The van der Waals surface area contributed by atoms with Crippen LogP contribution in [0, 0.1) is 0 Å². The van der Waals surface area contributed by atoms with E-state index in [-0.39, 0.29) is 18.9 Å². The third kappa shape index (κ3) is 3.19. The van der Waals surface area contributed by atoms with Gasteiger partial charge in [-0.25, -0.2) is 4.39 Å². The van der Waals surface area contributed by atoms with Gasteiger partial charge in [-0.2, -0.15) is 0 Å². The van der Waals surface area contributed by atoms with Crippen LogP contribution in [-0.4, -0.2) is 46.9 Å². The highest BCUT2D eigenvalue weighted by atomic mass is 19.1. The van der Waals surface area contributed by atoms with Gasteiger partial charge in [-0.05, 0) is 35.7 Å². The lowest BCUT2D eigenvalue weighted by Gasteiger charge is -2.52. The maximum Gasteiger partial charge on any atom is 0.172 e. The van der Waals surface area contributed by atoms with E-state index in [9.17, 15) is 5.11 Å². The van der Waals surface area contributed by atoms with Crippen LogP contribution in [0.25, 0.3) is 0 Å². The third-order valence-corrected chi connectivity index (χ3v) is 5.37. The first kappa shape index (κ1) is 19.3. The standard InChI is InChI=1S/C21H26FN3O2/c1-14(2)15-7-9-17(10-8-15)21(26,20(22)12-25(3)13-20)18-6-4-5-16(11-18)19(23)24-27/h4-11,14,26-27H,12-13H2,1-3H3,(H2,23,24)/t21-/m0/s1. The number of nitrogens with two attached hydrogens (primary N) is 1. The Kier molecular flexibility index (Phi) is 4.97. The smallest absolute Gasteiger partial charge is 0.172 e. The van der Waals surface area contributed by atoms with Gasteiger partial charge >= 0.3 is 0 Å². The van der Waals surface area contributed by atoms with E-state index in [1.54, 1.807) is 36.4 Å². The molecule has 144 valence electrons. The molecule has 0 unspecified atom stereocenters. The van der Waals surface area contributed by atoms with E-state index >= 15 is 4.39 Å². The molecule has 3 rings (SSSR count). The molecule has 0 spiro atoms. The zero-order valence-electron chi connectivity index (χ0n) is 15.9. The summed E-state index contributed by atoms with van der Waals surface area (Å²) in [4.78, 5) is 1.82. The number of amidine groups is 1. The zero-order valence-corrected chi connectivity index (χ0v) is 15.9. The number of rotatable bonds is 5. The molecule has 0 amide bonds. The summed E-state index contributed by atoms with van der Waals surface area (Å²) in [7, 11) is 1.81. The van der Waals surface area contributed by atoms with Gasteiger partial charge in [0.2, 0.25) is 0 Å². The van der Waals surface area contributed by atoms with E-state index < -0.39 is 11.3 Å². The molecule has 1 aliphatic rings. The largest absolute Gasteiger partial charge is 0.409 e. The van der Waals surface area contributed by atoms with Gasteiger partial charge in [-0.3, -0.25) is 4.90 Å². The first-order chi connectivity index (χ1) is 12.7. The van der Waals surface area contributed by atoms with Crippen LogP contribution in [-0.2, 0) is 5.60 Å². The molecule has 0 saturated carbocycles. The van der Waals surface area contributed by atoms with Gasteiger partial charge in [0.25, 0.3) is 0 Å². The lowest BCUT2D eigenvalue weighted by atomic mass is 9.70. The van der Waals surface area contributed by atoms with Crippen molar-refractivity contribution < 1.29 is 14.7 Å². The van der Waals surface area contributed by atoms with Crippen LogP contribution in [0.15, 0.2) is 53.7 Å². The number of nitrogens with zero attached hydrogens (tertiary/aromatic N) is 2. The predicted octanol–water partition coefficient (Wildman–Crippen LogP) is 2.79. The van der Waals surface area contributed by atoms with E-state index in [0.717, 1.165) is 5.56 Å². The number of aliphatic hydroxyl groups is 1. The molecule has 27 heavy (non-hydrogen) atoms. The van der Waals surface area contributed by atoms with Gasteiger partial charge in [0.1, 0.15) is 0 Å². The summed E-state index contributed by atoms with van der Waals surface area (Å²) < 4.78 is 15.8. The summed E-state index contributed by atoms with van der Waals surface area (Å²) in [6.07, 6.45) is 0. The molecule has 1 aliphatic heterocycles. The molecule has 0 aromatic heterocycles. The van der Waals surface area contributed by atoms with Crippen molar-refractivity contribution in [1.82, 2.24) is 4.90 Å². The number of alkyl halides is 1. The van der Waals surface area contributed by atoms with Crippen LogP contribution in [0.2, 0.25) is 0 Å². The van der Waals surface area contributed by atoms with Gasteiger partial charge in [-0.15, -0.1) is 0 Å². The molecule has 1 fully saturated rings. The minimum atomic E-state index is -1.85. The molecular weight excluding hydrogens is 345 g/mol. The third-order valence-electron chi connectivity index (χ3n) is 5.37. The summed E-state index contributed by atoms with van der Waals surface area (Å²) in [6.45, 7) is 4.39. The van der Waals surface area contributed by atoms with E-state index in [1.165, 1.54) is 0 Å². The Morgan fingerprint density at radius 2 is 1.81 bits per heavy atom. The minimum Gasteiger partial charge on any atom is -0.409 e. The Morgan fingerprint density at radius 3 is 2.33 bits per heavy atom. The number of halogens is 1. The second-order valence-electron chi connectivity index (χ2n) is 7.69. The van der Waals surface area contributed by atoms with Crippen LogP contribution in [0.4, 0.5) is 4.39 Å². The second kappa shape index (κ2) is 6.94. The molecule has 1 heterocycles. The average Bonchev–Trinajstić information content (AvgIpc) is 2.65. The second-order valence-corrected chi connectivity index (χ2v) is 7.69. The van der Waals surface area contributed by atoms with Crippen molar-refractivity contribution in [3.63, 3.8) is 0 Å². The van der Waals surface area contributed by atoms with Gasteiger partial charge < -0.3 is 16.0 Å². The van der Waals surface area contributed by atoms with Crippen molar-refractivity contribution >= 4 is 5.84 Å². The van der Waals surface area contributed by atoms with Crippen molar-refractivity contribution in [1.29, 1.82) is 0 Å². The van der Waals surface area contributed by atoms with E-state index in [0.29, 0.717) is 22.6 Å². The Bertz CT molecular complexity index is 845. The summed E-state index contributed by atoms with van der Waals surface area (Å²) in [6, 6.07) is 14.0. The molecule has 1 saturated heterocycles. The number of hydrogen-bond donors (Lipinski definition) is 3. The number of likely N-dealkylation sites (tertiary alicyclic amines) is 1. The highest BCUT2D eigenvalue weighted by molar-refractivity contribution is 5.97. The SMILES string of the molecule is CC(C)c1ccc([C@](O)(c2cccc(/C(N)=N/O)c2)C2(F)CN(C)C2)cc1. The molecule has 6 heteroatoms. The summed E-state index contributed by atoms with van der Waals surface area (Å²) in [5.41, 5.74) is 4.40. The lowest BCUT2D eigenvalue weighted by Crippen LogP contribution is -2.68. The maximum absolute atomic E-state index is 15.8. The molecule has 1 atom stereocenters. The number of benzene rings is 2. The molecule has 0 aliphatic carbocycles. The summed E-state index contributed by atoms with van der Waals surface area (Å²) >= 11 is 0. The van der Waals surface area contributed by atoms with Crippen LogP contribution in [0.5, 0.6) is 0 Å². The first-order valence-corrected chi connectivity index (χ1v) is 9.00. The highest BCUT2D eigenvalue weighted by Crippen LogP contribution is 2.47. The Labute approximate surface area is 158 Å². The van der Waals surface area contributed by atoms with Crippen LogP contribution >= 0.6 is 0 Å². The number of hydrogen-bond acceptors (Lipinski definition) is 4. The van der Waals surface area contributed by atoms with Crippen LogP contribution in [0.1, 0.15) is 42.0 Å². The zero-order chi connectivity index (χ0) is 19.8. The highest BCUT2D eigenvalue weighted by Gasteiger charge is 2.59. The van der Waals surface area contributed by atoms with E-state index in [1.807, 2.05) is 24.1 Å². The van der Waals surface area contributed by atoms with E-state index in [2.05, 4.69) is 19.0 Å². The van der Waals surface area contributed by atoms with Crippen molar-refractivity contribution in [2.75, 3.05) is 20.1 Å². The maximum atomic E-state index is 15.8. The molecule has 5 nitrogen and oxygen atoms in total. The molecule has 4 N–H and O–H groups in total. The van der Waals surface area contributed by atoms with Crippen molar-refractivity contribution in [3.05, 3.63) is 70.8 Å². The van der Waals surface area contributed by atoms with Gasteiger partial charge in [0.15, 0.2) is 17.1 Å². The lowest BCUT2D eigenvalue weighted by molar-refractivity contribution is -0.153. The normalized spacial score (nSPS) is 19.6. The van der Waals surface area contributed by atoms with Gasteiger partial charge in [0, 0.05) is 18.7 Å². The Balaban J connectivity index is 2.15. The van der Waals surface area contributed by atoms with Crippen molar-refractivity contribution in [2.24, 2.45) is 10.9 Å². The molecule has 0 bridgehead atoms. The molecule has 2 aromatic carbocycles. The van der Waals surface area contributed by atoms with Gasteiger partial charge in [-0.1, -0.05) is 61.5 Å². The van der Waals surface area contributed by atoms with Crippen molar-refractivity contribution in [2.45, 2.75) is 31.0 Å². The molecular formula is C21H26FN3O2. The fourth-order valence-electron chi connectivity index (χ4n) is 3.79. The minimum absolute atomic E-state index is 0.0898. The fraction of sp³-hybridized carbons (Fsp3) is 0.381. The topological polar surface area (TPSA) is 82.1 Å². The van der Waals surface area contributed by atoms with Gasteiger partial charge in [0.05, 0.1) is 0 Å².